The molecule has 6 rings (SSSR count). The van der Waals surface area contributed by atoms with Crippen LogP contribution in [0.4, 0.5) is 0 Å². The number of nitrogens with zero attached hydrogens (tertiary/aromatic N) is 2. The molecule has 8 heteroatoms. The van der Waals surface area contributed by atoms with Crippen LogP contribution in [0.5, 0.6) is 0 Å². The Balaban J connectivity index is 0.00000253. The number of fused-ring (bicyclic) bond motifs is 2. The highest BCUT2D eigenvalue weighted by atomic mass is 35.5. The minimum Gasteiger partial charge on any atom is -0.361 e. The van der Waals surface area contributed by atoms with Crippen LogP contribution >= 0.6 is 24.0 Å². The summed E-state index contributed by atoms with van der Waals surface area (Å²) in [5, 5.41) is 2.89. The molecule has 4 aromatic rings. The topological polar surface area (TPSA) is 72.2 Å². The molecule has 2 aliphatic heterocycles. The lowest BCUT2D eigenvalue weighted by Crippen LogP contribution is -2.39. The van der Waals surface area contributed by atoms with Crippen molar-refractivity contribution < 1.29 is 9.59 Å². The Morgan fingerprint density at radius 2 is 1.77 bits per heavy atom. The van der Waals surface area contributed by atoms with Crippen molar-refractivity contribution in [3.63, 3.8) is 0 Å². The molecule has 2 aromatic carbocycles. The zero-order valence-electron chi connectivity index (χ0n) is 19.1. The maximum atomic E-state index is 13.1. The molecule has 1 unspecified atom stereocenters. The van der Waals surface area contributed by atoms with Crippen LogP contribution in [0.15, 0.2) is 60.9 Å². The SMILES string of the molecule is Cl.O=C1CC(c2c[nH]c3ccccc23)C(=O)N1CCN1CC=C(c2c[nH]c3ccc(Cl)cc23)CC1. The van der Waals surface area contributed by atoms with Gasteiger partial charge in [-0.05, 0) is 41.8 Å². The lowest BCUT2D eigenvalue weighted by Gasteiger charge is -2.28. The molecule has 2 N–H and O–H groups in total. The van der Waals surface area contributed by atoms with Gasteiger partial charge in [0, 0.05) is 77.4 Å². The predicted molar refractivity (Wildman–Crippen MR) is 142 cm³/mol. The number of aromatic amines is 2. The van der Waals surface area contributed by atoms with E-state index in [-0.39, 0.29) is 30.6 Å². The van der Waals surface area contributed by atoms with Gasteiger partial charge in [0.25, 0.3) is 0 Å². The molecule has 0 aliphatic carbocycles. The van der Waals surface area contributed by atoms with E-state index in [2.05, 4.69) is 27.1 Å². The summed E-state index contributed by atoms with van der Waals surface area (Å²) in [7, 11) is 0. The zero-order chi connectivity index (χ0) is 23.2. The number of rotatable bonds is 5. The first-order chi connectivity index (χ1) is 16.6. The van der Waals surface area contributed by atoms with Crippen LogP contribution < -0.4 is 0 Å². The zero-order valence-corrected chi connectivity index (χ0v) is 20.7. The molecule has 0 spiro atoms. The van der Waals surface area contributed by atoms with Gasteiger partial charge in [-0.15, -0.1) is 12.4 Å². The van der Waals surface area contributed by atoms with Crippen molar-refractivity contribution in [2.24, 2.45) is 0 Å². The number of hydrogen-bond acceptors (Lipinski definition) is 3. The fraction of sp³-hybridized carbons (Fsp3) is 0.259. The molecule has 1 saturated heterocycles. The van der Waals surface area contributed by atoms with Crippen molar-refractivity contribution in [3.8, 4) is 0 Å². The molecular weight excluding hydrogens is 483 g/mol. The van der Waals surface area contributed by atoms with Crippen LogP contribution in [0.2, 0.25) is 5.02 Å². The normalized spacial score (nSPS) is 18.9. The summed E-state index contributed by atoms with van der Waals surface area (Å²) in [6.07, 6.45) is 7.33. The third-order valence-electron chi connectivity index (χ3n) is 7.16. The van der Waals surface area contributed by atoms with Gasteiger partial charge in [0.1, 0.15) is 0 Å². The molecule has 35 heavy (non-hydrogen) atoms. The summed E-state index contributed by atoms with van der Waals surface area (Å²) >= 11 is 6.21. The number of benzene rings is 2. The van der Waals surface area contributed by atoms with Gasteiger partial charge in [-0.3, -0.25) is 19.4 Å². The Kier molecular flexibility index (Phi) is 6.45. The molecule has 2 amide bonds. The monoisotopic (exact) mass is 508 g/mol. The molecule has 1 fully saturated rings. The van der Waals surface area contributed by atoms with Crippen LogP contribution in [-0.4, -0.2) is 57.8 Å². The fourth-order valence-corrected chi connectivity index (χ4v) is 5.47. The number of H-pyrrole nitrogens is 2. The van der Waals surface area contributed by atoms with E-state index in [1.54, 1.807) is 0 Å². The van der Waals surface area contributed by atoms with Gasteiger partial charge in [-0.2, -0.15) is 0 Å². The largest absolute Gasteiger partial charge is 0.361 e. The van der Waals surface area contributed by atoms with Crippen molar-refractivity contribution in [2.45, 2.75) is 18.8 Å². The van der Waals surface area contributed by atoms with E-state index in [9.17, 15) is 9.59 Å². The number of halogens is 2. The van der Waals surface area contributed by atoms with Crippen molar-refractivity contribution in [3.05, 3.63) is 77.1 Å². The molecule has 4 heterocycles. The second kappa shape index (κ2) is 9.53. The number of likely N-dealkylation sites (tertiary alicyclic amines) is 1. The van der Waals surface area contributed by atoms with Crippen LogP contribution in [0.25, 0.3) is 27.4 Å². The highest BCUT2D eigenvalue weighted by molar-refractivity contribution is 6.31. The number of hydrogen-bond donors (Lipinski definition) is 2. The van der Waals surface area contributed by atoms with E-state index < -0.39 is 5.92 Å². The molecular formula is C27H26Cl2N4O2. The Labute approximate surface area is 214 Å². The highest BCUT2D eigenvalue weighted by Gasteiger charge is 2.40. The van der Waals surface area contributed by atoms with Crippen LogP contribution in [-0.2, 0) is 9.59 Å². The van der Waals surface area contributed by atoms with Gasteiger partial charge >= 0.3 is 0 Å². The van der Waals surface area contributed by atoms with Crippen LogP contribution in [0.3, 0.4) is 0 Å². The smallest absolute Gasteiger partial charge is 0.237 e. The molecule has 1 atom stereocenters. The van der Waals surface area contributed by atoms with E-state index in [0.29, 0.717) is 13.1 Å². The molecule has 2 aliphatic rings. The van der Waals surface area contributed by atoms with Crippen molar-refractivity contribution in [1.29, 1.82) is 0 Å². The third-order valence-corrected chi connectivity index (χ3v) is 7.40. The molecule has 0 saturated carbocycles. The van der Waals surface area contributed by atoms with Crippen molar-refractivity contribution in [2.75, 3.05) is 26.2 Å². The first kappa shape index (κ1) is 23.7. The van der Waals surface area contributed by atoms with E-state index in [1.807, 2.05) is 48.7 Å². The summed E-state index contributed by atoms with van der Waals surface area (Å²) in [6, 6.07) is 13.8. The Hall–Kier alpha value is -3.06. The van der Waals surface area contributed by atoms with Gasteiger partial charge in [0.2, 0.25) is 11.8 Å². The molecule has 2 aromatic heterocycles. The first-order valence-electron chi connectivity index (χ1n) is 11.7. The quantitative estimate of drug-likeness (QED) is 0.356. The van der Waals surface area contributed by atoms with E-state index in [4.69, 9.17) is 11.6 Å². The Bertz CT molecular complexity index is 1450. The summed E-state index contributed by atoms with van der Waals surface area (Å²) in [5.74, 6) is -0.562. The maximum Gasteiger partial charge on any atom is 0.237 e. The lowest BCUT2D eigenvalue weighted by atomic mass is 9.97. The average molecular weight is 509 g/mol. The summed E-state index contributed by atoms with van der Waals surface area (Å²) in [4.78, 5) is 36.1. The number of carbonyl (C=O) groups is 2. The standard InChI is InChI=1S/C27H25ClN4O2.ClH/c28-18-5-6-25-20(13-18)22(15-29-25)17-7-9-31(10-8-17)11-12-32-26(33)14-21(27(32)34)23-16-30-24-4-2-1-3-19(23)24;/h1-7,13,15-16,21,29-30H,8-12,14H2;1H. The van der Waals surface area contributed by atoms with Gasteiger partial charge in [-0.1, -0.05) is 35.9 Å². The summed E-state index contributed by atoms with van der Waals surface area (Å²) < 4.78 is 0. The molecule has 180 valence electrons. The van der Waals surface area contributed by atoms with E-state index >= 15 is 0 Å². The van der Waals surface area contributed by atoms with Gasteiger partial charge in [0.05, 0.1) is 5.92 Å². The minimum absolute atomic E-state index is 0. The number of amides is 2. The van der Waals surface area contributed by atoms with Gasteiger partial charge in [-0.25, -0.2) is 0 Å². The van der Waals surface area contributed by atoms with E-state index in [0.717, 1.165) is 51.9 Å². The van der Waals surface area contributed by atoms with Gasteiger partial charge < -0.3 is 9.97 Å². The molecule has 0 radical (unpaired) electrons. The second-order valence-corrected chi connectivity index (χ2v) is 9.54. The molecule has 6 nitrogen and oxygen atoms in total. The number of imide groups is 1. The average Bonchev–Trinajstić information content (AvgIpc) is 3.53. The number of aromatic nitrogens is 2. The summed E-state index contributed by atoms with van der Waals surface area (Å²) in [6.45, 7) is 2.80. The lowest BCUT2D eigenvalue weighted by molar-refractivity contribution is -0.138. The second-order valence-electron chi connectivity index (χ2n) is 9.10. The molecule has 0 bridgehead atoms. The minimum atomic E-state index is -0.398. The fourth-order valence-electron chi connectivity index (χ4n) is 5.30. The van der Waals surface area contributed by atoms with Crippen LogP contribution in [0, 0.1) is 0 Å². The predicted octanol–water partition coefficient (Wildman–Crippen LogP) is 5.36. The number of carbonyl (C=O) groups excluding carboxylic acids is 2. The first-order valence-corrected chi connectivity index (χ1v) is 12.0. The van der Waals surface area contributed by atoms with E-state index in [1.165, 1.54) is 16.0 Å². The third kappa shape index (κ3) is 4.27. The maximum absolute atomic E-state index is 13.1. The van der Waals surface area contributed by atoms with Crippen molar-refractivity contribution in [1.82, 2.24) is 19.8 Å². The number of nitrogens with one attached hydrogen (secondary N) is 2. The van der Waals surface area contributed by atoms with Crippen molar-refractivity contribution >= 4 is 63.2 Å². The van der Waals surface area contributed by atoms with Gasteiger partial charge in [0.15, 0.2) is 0 Å². The summed E-state index contributed by atoms with van der Waals surface area (Å²) in [5.41, 5.74) is 5.49. The Morgan fingerprint density at radius 1 is 0.971 bits per heavy atom. The van der Waals surface area contributed by atoms with Crippen LogP contribution in [0.1, 0.15) is 29.9 Å². The number of para-hydroxylation sites is 1. The highest BCUT2D eigenvalue weighted by Crippen LogP contribution is 2.34. The Morgan fingerprint density at radius 3 is 2.60 bits per heavy atom.